The van der Waals surface area contributed by atoms with Gasteiger partial charge in [-0.25, -0.2) is 4.98 Å². The van der Waals surface area contributed by atoms with Crippen LogP contribution in [0.3, 0.4) is 0 Å². The standard InChI is InChI=1S/C24H28N2O3S2/c1-17-8-9-23(31-17)24(27)26(15-21-7-4-11-28-21)14-19-5-3-6-20(13-19)29-12-10-22-18(2)25-16-30-22/h3,5-6,8-9,13,16,21H,4,7,10-12,14-15H2,1-2H3/t21-/m0/s1. The minimum Gasteiger partial charge on any atom is -0.493 e. The zero-order chi connectivity index (χ0) is 21.6. The number of aromatic nitrogens is 1. The molecule has 4 rings (SSSR count). The maximum absolute atomic E-state index is 13.2. The smallest absolute Gasteiger partial charge is 0.264 e. The van der Waals surface area contributed by atoms with Gasteiger partial charge in [-0.1, -0.05) is 12.1 Å². The number of amides is 1. The molecule has 1 fully saturated rings. The maximum Gasteiger partial charge on any atom is 0.264 e. The lowest BCUT2D eigenvalue weighted by Gasteiger charge is -2.25. The van der Waals surface area contributed by atoms with Gasteiger partial charge in [0.1, 0.15) is 5.75 Å². The van der Waals surface area contributed by atoms with Crippen molar-refractivity contribution in [3.63, 3.8) is 0 Å². The second-order valence-electron chi connectivity index (χ2n) is 7.84. The van der Waals surface area contributed by atoms with Crippen LogP contribution in [-0.2, 0) is 17.7 Å². The van der Waals surface area contributed by atoms with Crippen molar-refractivity contribution in [2.75, 3.05) is 19.8 Å². The van der Waals surface area contributed by atoms with Gasteiger partial charge in [-0.3, -0.25) is 4.79 Å². The van der Waals surface area contributed by atoms with Gasteiger partial charge >= 0.3 is 0 Å². The number of carbonyl (C=O) groups is 1. The molecule has 1 saturated heterocycles. The summed E-state index contributed by atoms with van der Waals surface area (Å²) in [6.07, 6.45) is 3.04. The molecule has 1 aliphatic heterocycles. The molecule has 3 aromatic rings. The number of aryl methyl sites for hydroxylation is 2. The number of hydrogen-bond donors (Lipinski definition) is 0. The molecule has 2 aromatic heterocycles. The molecule has 0 spiro atoms. The Kier molecular flexibility index (Phi) is 7.37. The van der Waals surface area contributed by atoms with Gasteiger partial charge in [0.05, 0.1) is 28.8 Å². The Balaban J connectivity index is 1.42. The maximum atomic E-state index is 13.2. The Labute approximate surface area is 191 Å². The van der Waals surface area contributed by atoms with E-state index >= 15 is 0 Å². The number of carbonyl (C=O) groups excluding carboxylic acids is 1. The van der Waals surface area contributed by atoms with Crippen LogP contribution in [0.2, 0.25) is 0 Å². The first kappa shape index (κ1) is 22.0. The lowest BCUT2D eigenvalue weighted by molar-refractivity contribution is 0.0510. The van der Waals surface area contributed by atoms with E-state index in [1.807, 2.05) is 54.6 Å². The third-order valence-corrected chi connectivity index (χ3v) is 7.38. The van der Waals surface area contributed by atoms with Crippen LogP contribution in [0.15, 0.2) is 41.9 Å². The SMILES string of the molecule is Cc1ccc(C(=O)N(Cc2cccc(OCCc3scnc3C)c2)C[C@@H]2CCCO2)s1. The van der Waals surface area contributed by atoms with Crippen molar-refractivity contribution in [3.05, 3.63) is 67.8 Å². The van der Waals surface area contributed by atoms with E-state index in [-0.39, 0.29) is 12.0 Å². The van der Waals surface area contributed by atoms with E-state index in [2.05, 4.69) is 11.1 Å². The zero-order valence-electron chi connectivity index (χ0n) is 18.0. The number of thiophene rings is 1. The summed E-state index contributed by atoms with van der Waals surface area (Å²) in [6.45, 7) is 6.61. The fourth-order valence-electron chi connectivity index (χ4n) is 3.74. The molecule has 0 radical (unpaired) electrons. The summed E-state index contributed by atoms with van der Waals surface area (Å²) in [5, 5.41) is 0. The van der Waals surface area contributed by atoms with Crippen LogP contribution in [0.1, 0.15) is 43.5 Å². The van der Waals surface area contributed by atoms with E-state index in [1.54, 1.807) is 22.7 Å². The van der Waals surface area contributed by atoms with Gasteiger partial charge in [-0.2, -0.15) is 0 Å². The highest BCUT2D eigenvalue weighted by Crippen LogP contribution is 2.23. The van der Waals surface area contributed by atoms with Crippen LogP contribution in [0, 0.1) is 13.8 Å². The van der Waals surface area contributed by atoms with Crippen LogP contribution in [0.4, 0.5) is 0 Å². The molecule has 0 aliphatic carbocycles. The van der Waals surface area contributed by atoms with Gasteiger partial charge in [0, 0.05) is 35.9 Å². The van der Waals surface area contributed by atoms with Crippen molar-refractivity contribution in [2.45, 2.75) is 45.8 Å². The van der Waals surface area contributed by atoms with Crippen molar-refractivity contribution in [1.29, 1.82) is 0 Å². The fraction of sp³-hybridized carbons (Fsp3) is 0.417. The summed E-state index contributed by atoms with van der Waals surface area (Å²) in [5.41, 5.74) is 4.01. The summed E-state index contributed by atoms with van der Waals surface area (Å²) in [5.74, 6) is 0.900. The summed E-state index contributed by atoms with van der Waals surface area (Å²) in [4.78, 5) is 22.6. The summed E-state index contributed by atoms with van der Waals surface area (Å²) >= 11 is 3.21. The molecule has 5 nitrogen and oxygen atoms in total. The summed E-state index contributed by atoms with van der Waals surface area (Å²) in [6, 6.07) is 12.0. The highest BCUT2D eigenvalue weighted by Gasteiger charge is 2.24. The summed E-state index contributed by atoms with van der Waals surface area (Å²) < 4.78 is 11.8. The van der Waals surface area contributed by atoms with Gasteiger partial charge < -0.3 is 14.4 Å². The Morgan fingerprint density at radius 3 is 2.90 bits per heavy atom. The predicted molar refractivity (Wildman–Crippen MR) is 125 cm³/mol. The predicted octanol–water partition coefficient (Wildman–Crippen LogP) is 5.26. The van der Waals surface area contributed by atoms with E-state index in [1.165, 1.54) is 4.88 Å². The molecule has 31 heavy (non-hydrogen) atoms. The Bertz CT molecular complexity index is 1010. The van der Waals surface area contributed by atoms with Crippen molar-refractivity contribution < 1.29 is 14.3 Å². The lowest BCUT2D eigenvalue weighted by Crippen LogP contribution is -2.36. The Morgan fingerprint density at radius 2 is 2.19 bits per heavy atom. The molecule has 164 valence electrons. The van der Waals surface area contributed by atoms with Crippen molar-refractivity contribution in [2.24, 2.45) is 0 Å². The van der Waals surface area contributed by atoms with Crippen molar-refractivity contribution in [3.8, 4) is 5.75 Å². The molecule has 7 heteroatoms. The molecule has 1 atom stereocenters. The minimum absolute atomic E-state index is 0.0700. The zero-order valence-corrected chi connectivity index (χ0v) is 19.6. The van der Waals surface area contributed by atoms with Crippen LogP contribution in [-0.4, -0.2) is 41.7 Å². The van der Waals surface area contributed by atoms with Crippen LogP contribution in [0.25, 0.3) is 0 Å². The largest absolute Gasteiger partial charge is 0.493 e. The fourth-order valence-corrected chi connectivity index (χ4v) is 5.34. The third kappa shape index (κ3) is 5.93. The Morgan fingerprint density at radius 1 is 1.29 bits per heavy atom. The highest BCUT2D eigenvalue weighted by atomic mass is 32.1. The number of thiazole rings is 1. The first-order valence-electron chi connectivity index (χ1n) is 10.7. The number of benzene rings is 1. The molecule has 1 amide bonds. The normalized spacial score (nSPS) is 15.9. The number of hydrogen-bond acceptors (Lipinski definition) is 6. The van der Waals surface area contributed by atoms with Gasteiger partial charge in [-0.15, -0.1) is 22.7 Å². The third-order valence-electron chi connectivity index (χ3n) is 5.40. The average molecular weight is 457 g/mol. The molecular weight excluding hydrogens is 428 g/mol. The molecular formula is C24H28N2O3S2. The average Bonchev–Trinajstić information content (AvgIpc) is 3.51. The number of nitrogens with zero attached hydrogens (tertiary/aromatic N) is 2. The first-order chi connectivity index (χ1) is 15.1. The second kappa shape index (κ2) is 10.4. The first-order valence-corrected chi connectivity index (χ1v) is 12.4. The van der Waals surface area contributed by atoms with Crippen molar-refractivity contribution >= 4 is 28.6 Å². The molecule has 3 heterocycles. The number of ether oxygens (including phenoxy) is 2. The van der Waals surface area contributed by atoms with Gasteiger partial charge in [0.2, 0.25) is 0 Å². The second-order valence-corrected chi connectivity index (χ2v) is 10.1. The van der Waals surface area contributed by atoms with E-state index in [0.717, 1.165) is 52.6 Å². The van der Waals surface area contributed by atoms with Gasteiger partial charge in [0.15, 0.2) is 0 Å². The van der Waals surface area contributed by atoms with E-state index in [4.69, 9.17) is 9.47 Å². The summed E-state index contributed by atoms with van der Waals surface area (Å²) in [7, 11) is 0. The monoisotopic (exact) mass is 456 g/mol. The highest BCUT2D eigenvalue weighted by molar-refractivity contribution is 7.13. The van der Waals surface area contributed by atoms with Crippen LogP contribution < -0.4 is 4.74 Å². The van der Waals surface area contributed by atoms with E-state index < -0.39 is 0 Å². The molecule has 0 N–H and O–H groups in total. The van der Waals surface area contributed by atoms with Crippen LogP contribution in [0.5, 0.6) is 5.75 Å². The van der Waals surface area contributed by atoms with E-state index in [0.29, 0.717) is 19.7 Å². The van der Waals surface area contributed by atoms with E-state index in [9.17, 15) is 4.79 Å². The van der Waals surface area contributed by atoms with Gasteiger partial charge in [-0.05, 0) is 56.5 Å². The Hall–Kier alpha value is -2.22. The van der Waals surface area contributed by atoms with Crippen LogP contribution >= 0.6 is 22.7 Å². The quantitative estimate of drug-likeness (QED) is 0.440. The molecule has 1 aliphatic rings. The lowest BCUT2D eigenvalue weighted by atomic mass is 10.1. The minimum atomic E-state index is 0.0700. The van der Waals surface area contributed by atoms with Crippen molar-refractivity contribution in [1.82, 2.24) is 9.88 Å². The molecule has 0 saturated carbocycles. The molecule has 0 bridgehead atoms. The topological polar surface area (TPSA) is 51.7 Å². The molecule has 1 aromatic carbocycles. The number of rotatable bonds is 9. The van der Waals surface area contributed by atoms with Gasteiger partial charge in [0.25, 0.3) is 5.91 Å². The molecule has 0 unspecified atom stereocenters.